The topological polar surface area (TPSA) is 78.1 Å². The van der Waals surface area contributed by atoms with Crippen molar-refractivity contribution in [1.29, 1.82) is 0 Å². The van der Waals surface area contributed by atoms with Crippen LogP contribution in [0.3, 0.4) is 0 Å². The Morgan fingerprint density at radius 3 is 2.64 bits per heavy atom. The molecule has 1 aromatic heterocycles. The van der Waals surface area contributed by atoms with Crippen molar-refractivity contribution < 1.29 is 12.8 Å². The molecule has 0 spiro atoms. The van der Waals surface area contributed by atoms with Crippen molar-refractivity contribution in [2.24, 2.45) is 0 Å². The van der Waals surface area contributed by atoms with Gasteiger partial charge in [0.2, 0.25) is 0 Å². The number of aromatic amines is 1. The number of likely N-dealkylation sites (tertiary alicyclic amines) is 1. The van der Waals surface area contributed by atoms with Crippen LogP contribution in [0, 0.1) is 12.7 Å². The minimum atomic E-state index is -3.53. The van der Waals surface area contributed by atoms with Gasteiger partial charge in [-0.3, -0.25) is 4.90 Å². The fourth-order valence-corrected chi connectivity index (χ4v) is 7.51. The number of piperidine rings is 2. The lowest BCUT2D eigenvalue weighted by Crippen LogP contribution is -2.57. The van der Waals surface area contributed by atoms with Crippen LogP contribution in [0.1, 0.15) is 49.4 Å². The third-order valence-electron chi connectivity index (χ3n) is 7.07. The van der Waals surface area contributed by atoms with Gasteiger partial charge in [-0.15, -0.1) is 0 Å². The summed E-state index contributed by atoms with van der Waals surface area (Å²) in [5.41, 5.74) is 2.42. The molecule has 2 fully saturated rings. The van der Waals surface area contributed by atoms with E-state index in [0.29, 0.717) is 23.5 Å². The first-order valence-electron chi connectivity index (χ1n) is 11.8. The number of rotatable bonds is 5. The average molecular weight is 471 g/mol. The number of hydrogen-bond acceptors (Lipinski definition) is 5. The number of halogens is 1. The molecule has 6 nitrogen and oxygen atoms in total. The van der Waals surface area contributed by atoms with Crippen LogP contribution in [-0.2, 0) is 9.84 Å². The van der Waals surface area contributed by atoms with Crippen molar-refractivity contribution in [3.63, 3.8) is 0 Å². The molecule has 0 saturated carbocycles. The van der Waals surface area contributed by atoms with E-state index in [1.54, 1.807) is 18.2 Å². The van der Waals surface area contributed by atoms with Gasteiger partial charge in [-0.2, -0.15) is 0 Å². The lowest BCUT2D eigenvalue weighted by Gasteiger charge is -2.41. The van der Waals surface area contributed by atoms with E-state index in [1.807, 2.05) is 19.1 Å². The number of fused-ring (bicyclic) bond motifs is 1. The standard InChI is InChI=1S/C25H31FN4O2S/c1-17-5-4-6-20(15-17)33(31,32)25(22-7-2-3-12-27-22)30-13-10-18(11-14-30)24-28-21-9-8-19(26)16-23(21)29-24/h4-6,8-9,15-16,18,22,25,27H,2-3,7,10-14H2,1H3,(H,28,29). The number of aromatic nitrogens is 2. The van der Waals surface area contributed by atoms with Gasteiger partial charge in [0.05, 0.1) is 15.9 Å². The molecule has 33 heavy (non-hydrogen) atoms. The molecule has 0 aliphatic carbocycles. The molecule has 2 aliphatic rings. The van der Waals surface area contributed by atoms with E-state index in [9.17, 15) is 12.8 Å². The van der Waals surface area contributed by atoms with E-state index >= 15 is 0 Å². The Hall–Kier alpha value is -2.29. The van der Waals surface area contributed by atoms with Gasteiger partial charge in [0.1, 0.15) is 17.0 Å². The molecule has 8 heteroatoms. The number of H-pyrrole nitrogens is 1. The summed E-state index contributed by atoms with van der Waals surface area (Å²) < 4.78 is 41.3. The van der Waals surface area contributed by atoms with Crippen LogP contribution in [-0.4, -0.2) is 54.3 Å². The SMILES string of the molecule is Cc1cccc(S(=O)(=O)C(C2CCCCN2)N2CCC(c3nc4ccc(F)cc4[nH]3)CC2)c1. The Labute approximate surface area is 194 Å². The number of hydrogen-bond donors (Lipinski definition) is 2. The second-order valence-corrected chi connectivity index (χ2v) is 11.4. The molecule has 2 aliphatic heterocycles. The van der Waals surface area contributed by atoms with E-state index < -0.39 is 15.2 Å². The van der Waals surface area contributed by atoms with Crippen LogP contribution in [0.5, 0.6) is 0 Å². The maximum atomic E-state index is 13.8. The van der Waals surface area contributed by atoms with Crippen LogP contribution < -0.4 is 5.32 Å². The van der Waals surface area contributed by atoms with E-state index in [2.05, 4.69) is 20.2 Å². The fourth-order valence-electron chi connectivity index (χ4n) is 5.34. The first kappa shape index (κ1) is 22.5. The van der Waals surface area contributed by atoms with Crippen LogP contribution in [0.15, 0.2) is 47.4 Å². The molecule has 3 heterocycles. The third-order valence-corrected chi connectivity index (χ3v) is 9.24. The summed E-state index contributed by atoms with van der Waals surface area (Å²) in [6.07, 6.45) is 4.63. The largest absolute Gasteiger partial charge is 0.342 e. The molecule has 5 rings (SSSR count). The van der Waals surface area contributed by atoms with E-state index in [-0.39, 0.29) is 17.8 Å². The molecule has 176 valence electrons. The van der Waals surface area contributed by atoms with Crippen molar-refractivity contribution in [2.75, 3.05) is 19.6 Å². The molecule has 0 amide bonds. The Morgan fingerprint density at radius 2 is 1.91 bits per heavy atom. The van der Waals surface area contributed by atoms with Gasteiger partial charge < -0.3 is 10.3 Å². The molecular weight excluding hydrogens is 439 g/mol. The maximum Gasteiger partial charge on any atom is 0.195 e. The predicted octanol–water partition coefficient (Wildman–Crippen LogP) is 4.13. The molecule has 2 saturated heterocycles. The summed E-state index contributed by atoms with van der Waals surface area (Å²) >= 11 is 0. The van der Waals surface area contributed by atoms with Crippen LogP contribution in [0.25, 0.3) is 11.0 Å². The summed E-state index contributed by atoms with van der Waals surface area (Å²) in [7, 11) is -3.53. The molecule has 2 atom stereocenters. The highest BCUT2D eigenvalue weighted by molar-refractivity contribution is 7.92. The van der Waals surface area contributed by atoms with Gasteiger partial charge in [0.25, 0.3) is 0 Å². The highest BCUT2D eigenvalue weighted by Gasteiger charge is 2.41. The van der Waals surface area contributed by atoms with Gasteiger partial charge in [-0.05, 0) is 75.0 Å². The second kappa shape index (κ2) is 9.16. The van der Waals surface area contributed by atoms with Crippen molar-refractivity contribution in [2.45, 2.75) is 61.3 Å². The molecule has 0 bridgehead atoms. The third kappa shape index (κ3) is 4.56. The van der Waals surface area contributed by atoms with Crippen LogP contribution >= 0.6 is 0 Å². The van der Waals surface area contributed by atoms with Crippen molar-refractivity contribution in [1.82, 2.24) is 20.2 Å². The smallest absolute Gasteiger partial charge is 0.195 e. The summed E-state index contributed by atoms with van der Waals surface area (Å²) in [5, 5.41) is 2.92. The molecule has 2 aromatic carbocycles. The summed E-state index contributed by atoms with van der Waals surface area (Å²) in [5.74, 6) is 0.791. The van der Waals surface area contributed by atoms with Gasteiger partial charge in [-0.25, -0.2) is 17.8 Å². The molecule has 3 aromatic rings. The van der Waals surface area contributed by atoms with Gasteiger partial charge in [0.15, 0.2) is 9.84 Å². The van der Waals surface area contributed by atoms with E-state index in [1.165, 1.54) is 12.1 Å². The Kier molecular flexibility index (Phi) is 6.24. The maximum absolute atomic E-state index is 13.8. The number of benzene rings is 2. The van der Waals surface area contributed by atoms with Crippen molar-refractivity contribution in [3.05, 3.63) is 59.7 Å². The number of nitrogens with one attached hydrogen (secondary N) is 2. The van der Waals surface area contributed by atoms with Gasteiger partial charge >= 0.3 is 0 Å². The molecule has 0 radical (unpaired) electrons. The summed E-state index contributed by atoms with van der Waals surface area (Å²) in [6, 6.07) is 11.8. The van der Waals surface area contributed by atoms with E-state index in [0.717, 1.165) is 55.6 Å². The minimum Gasteiger partial charge on any atom is -0.342 e. The van der Waals surface area contributed by atoms with Crippen LogP contribution in [0.2, 0.25) is 0 Å². The monoisotopic (exact) mass is 470 g/mol. The predicted molar refractivity (Wildman–Crippen MR) is 127 cm³/mol. The Morgan fingerprint density at radius 1 is 1.09 bits per heavy atom. The minimum absolute atomic E-state index is 0.0741. The van der Waals surface area contributed by atoms with Crippen LogP contribution in [0.4, 0.5) is 4.39 Å². The highest BCUT2D eigenvalue weighted by atomic mass is 32.2. The Bertz CT molecular complexity index is 1230. The average Bonchev–Trinajstić information content (AvgIpc) is 3.23. The van der Waals surface area contributed by atoms with Gasteiger partial charge in [-0.1, -0.05) is 18.6 Å². The van der Waals surface area contributed by atoms with Crippen molar-refractivity contribution >= 4 is 20.9 Å². The lowest BCUT2D eigenvalue weighted by molar-refractivity contribution is 0.153. The first-order valence-corrected chi connectivity index (χ1v) is 13.4. The number of aryl methyl sites for hydroxylation is 1. The van der Waals surface area contributed by atoms with Crippen molar-refractivity contribution in [3.8, 4) is 0 Å². The summed E-state index contributed by atoms with van der Waals surface area (Å²) in [6.45, 7) is 4.15. The highest BCUT2D eigenvalue weighted by Crippen LogP contribution is 2.33. The van der Waals surface area contributed by atoms with E-state index in [4.69, 9.17) is 0 Å². The number of nitrogens with zero attached hydrogens (tertiary/aromatic N) is 2. The Balaban J connectivity index is 1.38. The molecule has 2 N–H and O–H groups in total. The number of sulfone groups is 1. The zero-order valence-electron chi connectivity index (χ0n) is 18.9. The normalized spacial score (nSPS) is 21.9. The fraction of sp³-hybridized carbons (Fsp3) is 0.480. The molecular formula is C25H31FN4O2S. The van der Waals surface area contributed by atoms with Gasteiger partial charge in [0, 0.05) is 25.0 Å². The zero-order chi connectivity index (χ0) is 23.0. The zero-order valence-corrected chi connectivity index (χ0v) is 19.7. The summed E-state index contributed by atoms with van der Waals surface area (Å²) in [4.78, 5) is 10.5. The number of imidazole rings is 1. The lowest BCUT2D eigenvalue weighted by atomic mass is 9.95. The quantitative estimate of drug-likeness (QED) is 0.586. The first-order chi connectivity index (χ1) is 15.9. The second-order valence-electron chi connectivity index (χ2n) is 9.40. The molecule has 2 unspecified atom stereocenters.